The lowest BCUT2D eigenvalue weighted by Crippen LogP contribution is -2.69. The van der Waals surface area contributed by atoms with Crippen molar-refractivity contribution in [2.24, 2.45) is 5.11 Å². The number of hydrogen-bond donors (Lipinski definition) is 0. The van der Waals surface area contributed by atoms with Gasteiger partial charge in [0.25, 0.3) is 0 Å². The van der Waals surface area contributed by atoms with Crippen LogP contribution >= 0.6 is 0 Å². The minimum atomic E-state index is -1.32. The number of ether oxygens (including phenoxy) is 11. The number of azide groups is 1. The molecule has 92 heavy (non-hydrogen) atoms. The number of methoxy groups -OCH3 is 1. The first-order valence-corrected chi connectivity index (χ1v) is 31.4. The quantitative estimate of drug-likeness (QED) is 0.0261. The molecule has 0 bridgehead atoms. The molecular weight excluding hydrogens is 1150 g/mol. The lowest BCUT2D eigenvalue weighted by molar-refractivity contribution is -0.369. The topological polar surface area (TPSA) is 150 Å². The van der Waals surface area contributed by atoms with Crippen molar-refractivity contribution in [2.75, 3.05) is 20.3 Å². The van der Waals surface area contributed by atoms with Crippen LogP contribution in [-0.2, 0) is 80.4 Å². The molecule has 3 aliphatic rings. The smallest absolute Gasteiger partial charge is 0.184 e. The van der Waals surface area contributed by atoms with Gasteiger partial charge in [0.1, 0.15) is 66.7 Å². The van der Waals surface area contributed by atoms with Crippen LogP contribution in [0.2, 0.25) is 0 Å². The van der Waals surface area contributed by atoms with E-state index < -0.39 is 73.6 Å². The van der Waals surface area contributed by atoms with Crippen molar-refractivity contribution < 1.29 is 52.1 Å². The second-order valence-corrected chi connectivity index (χ2v) is 23.8. The first-order chi connectivity index (χ1) is 45.4. The van der Waals surface area contributed by atoms with Crippen molar-refractivity contribution in [3.05, 3.63) is 293 Å². The van der Waals surface area contributed by atoms with Crippen molar-refractivity contribution >= 4 is 53.9 Å². The summed E-state index contributed by atoms with van der Waals surface area (Å²) in [5, 5.41) is 15.4. The van der Waals surface area contributed by atoms with Crippen molar-refractivity contribution in [2.45, 2.75) is 107 Å². The number of nitrogens with zero attached hydrogens (tertiary/aromatic N) is 3. The molecule has 3 fully saturated rings. The molecular formula is C78H71N3O11. The fourth-order valence-corrected chi connectivity index (χ4v) is 13.1. The second kappa shape index (κ2) is 28.4. The summed E-state index contributed by atoms with van der Waals surface area (Å²) < 4.78 is 77.6. The summed E-state index contributed by atoms with van der Waals surface area (Å²) in [5.41, 5.74) is 16.2. The van der Waals surface area contributed by atoms with E-state index in [0.29, 0.717) is 5.75 Å². The van der Waals surface area contributed by atoms with Crippen molar-refractivity contribution in [3.8, 4) is 5.75 Å². The third-order valence-corrected chi connectivity index (χ3v) is 17.8. The third kappa shape index (κ3) is 13.6. The zero-order chi connectivity index (χ0) is 62.2. The second-order valence-electron chi connectivity index (χ2n) is 23.8. The molecule has 11 aromatic rings. The fraction of sp³-hybridized carbons (Fsp3) is 0.256. The molecule has 1 saturated carbocycles. The van der Waals surface area contributed by atoms with E-state index in [2.05, 4.69) is 162 Å². The molecule has 464 valence electrons. The Kier molecular flexibility index (Phi) is 18.7. The van der Waals surface area contributed by atoms with E-state index in [1.165, 1.54) is 0 Å². The maximum atomic E-state index is 10.8. The number of rotatable bonds is 23. The molecule has 0 aromatic heterocycles. The van der Waals surface area contributed by atoms with Gasteiger partial charge in [-0.3, -0.25) is 0 Å². The molecule has 1 unspecified atom stereocenters. The van der Waals surface area contributed by atoms with E-state index in [1.807, 2.05) is 91.0 Å². The van der Waals surface area contributed by atoms with E-state index in [9.17, 15) is 5.53 Å². The van der Waals surface area contributed by atoms with Crippen LogP contribution in [0, 0.1) is 0 Å². The SMILES string of the molecule is C=CCO[C@@H]1[C@H](OCc2ccc3ccccc3c2)[C@H](OCc2ccc3ccccc3c2)[C@@H](OCc2ccc3ccccc3c2)[C@H](OCc2ccc3ccccc3c2)[C@H]1O[C@H]1O[C@@H]2COC(c3ccc(OC)cc3)O[C@H]2[C@H](OCc2ccc3ccccc3c2)[C@H]1N=[N+]=[N-]. The summed E-state index contributed by atoms with van der Waals surface area (Å²) in [5.74, 6) is 0.687. The molecule has 0 spiro atoms. The molecule has 2 heterocycles. The molecule has 2 saturated heterocycles. The van der Waals surface area contributed by atoms with Gasteiger partial charge in [-0.15, -0.1) is 6.58 Å². The van der Waals surface area contributed by atoms with Crippen LogP contribution in [0.4, 0.5) is 0 Å². The minimum absolute atomic E-state index is 0.0721. The Morgan fingerprint density at radius 1 is 0.435 bits per heavy atom. The van der Waals surface area contributed by atoms with E-state index >= 15 is 0 Å². The zero-order valence-electron chi connectivity index (χ0n) is 51.0. The van der Waals surface area contributed by atoms with Crippen LogP contribution in [0.15, 0.2) is 254 Å². The number of benzene rings is 11. The van der Waals surface area contributed by atoms with E-state index in [0.717, 1.165) is 87.2 Å². The highest BCUT2D eigenvalue weighted by atomic mass is 16.8. The van der Waals surface area contributed by atoms with Gasteiger partial charge >= 0.3 is 0 Å². The van der Waals surface area contributed by atoms with E-state index in [-0.39, 0.29) is 46.2 Å². The van der Waals surface area contributed by atoms with Gasteiger partial charge in [-0.1, -0.05) is 205 Å². The number of hydrogen-bond acceptors (Lipinski definition) is 12. The average Bonchev–Trinajstić information content (AvgIpc) is 0.773. The summed E-state index contributed by atoms with van der Waals surface area (Å²) >= 11 is 0. The first kappa shape index (κ1) is 60.7. The van der Waals surface area contributed by atoms with Crippen LogP contribution in [0.25, 0.3) is 64.3 Å². The largest absolute Gasteiger partial charge is 0.497 e. The highest BCUT2D eigenvalue weighted by molar-refractivity contribution is 5.86. The third-order valence-electron chi connectivity index (χ3n) is 17.8. The lowest BCUT2D eigenvalue weighted by atomic mass is 9.83. The van der Waals surface area contributed by atoms with Crippen LogP contribution in [0.5, 0.6) is 5.75 Å². The van der Waals surface area contributed by atoms with Gasteiger partial charge in [0, 0.05) is 10.5 Å². The van der Waals surface area contributed by atoms with Gasteiger partial charge in [0.15, 0.2) is 12.6 Å². The van der Waals surface area contributed by atoms with Crippen molar-refractivity contribution in [1.29, 1.82) is 0 Å². The number of fused-ring (bicyclic) bond motifs is 6. The predicted molar refractivity (Wildman–Crippen MR) is 356 cm³/mol. The molecule has 14 heteroatoms. The average molecular weight is 1230 g/mol. The molecule has 0 amide bonds. The summed E-state index contributed by atoms with van der Waals surface area (Å²) in [6.45, 7) is 5.05. The highest BCUT2D eigenvalue weighted by Gasteiger charge is 2.58. The monoisotopic (exact) mass is 1230 g/mol. The lowest BCUT2D eigenvalue weighted by Gasteiger charge is -2.52. The first-order valence-electron chi connectivity index (χ1n) is 31.4. The van der Waals surface area contributed by atoms with Gasteiger partial charge in [-0.05, 0) is 130 Å². The molecule has 0 radical (unpaired) electrons. The molecule has 14 nitrogen and oxygen atoms in total. The normalized spacial score (nSPS) is 23.9. The van der Waals surface area contributed by atoms with Gasteiger partial charge < -0.3 is 52.1 Å². The van der Waals surface area contributed by atoms with Gasteiger partial charge in [0.2, 0.25) is 0 Å². The maximum Gasteiger partial charge on any atom is 0.184 e. The minimum Gasteiger partial charge on any atom is -0.497 e. The Labute approximate surface area is 534 Å². The summed E-state index contributed by atoms with van der Waals surface area (Å²) in [4.78, 5) is 3.49. The Hall–Kier alpha value is -8.83. The molecule has 14 rings (SSSR count). The highest BCUT2D eigenvalue weighted by Crippen LogP contribution is 2.42. The van der Waals surface area contributed by atoms with Crippen LogP contribution < -0.4 is 4.74 Å². The summed E-state index contributed by atoms with van der Waals surface area (Å²) in [6, 6.07) is 79.1. The van der Waals surface area contributed by atoms with Gasteiger partial charge in [0.05, 0.1) is 53.4 Å². The molecule has 11 aromatic carbocycles. The van der Waals surface area contributed by atoms with E-state index in [1.54, 1.807) is 13.2 Å². The maximum absolute atomic E-state index is 10.8. The Balaban J connectivity index is 0.889. The molecule has 1 aliphatic carbocycles. The zero-order valence-corrected chi connectivity index (χ0v) is 51.0. The summed E-state index contributed by atoms with van der Waals surface area (Å²) in [6.07, 6.45) is -8.80. The van der Waals surface area contributed by atoms with Gasteiger partial charge in [-0.25, -0.2) is 0 Å². The van der Waals surface area contributed by atoms with E-state index in [4.69, 9.17) is 52.1 Å². The molecule has 0 N–H and O–H groups in total. The Morgan fingerprint density at radius 2 is 0.793 bits per heavy atom. The Morgan fingerprint density at radius 3 is 1.16 bits per heavy atom. The summed E-state index contributed by atoms with van der Waals surface area (Å²) in [7, 11) is 1.62. The molecule has 12 atom stereocenters. The van der Waals surface area contributed by atoms with Crippen LogP contribution in [-0.4, -0.2) is 87.6 Å². The standard InChI is InChI=1S/C78H71N3O11/c1-3-38-83-74-72(86-46-52-26-31-57-16-6-11-21-63(57)41-52)71(85-45-51-25-30-56-15-5-10-20-62(56)40-51)73(87-47-53-27-32-58-17-7-12-22-64(58)42-53)75(88-48-54-28-33-59-18-8-13-23-65(59)43-54)76(74)92-78-68(80-81-79)70(84-44-50-24-29-55-14-4-9-19-61(55)39-50)69-67(90-78)49-89-77(91-69)60-34-36-66(82-2)37-35-60/h3-37,39-43,67-78H,1,38,44-49H2,2H3/t67-,68-,69-,70-,71+,72-,73-,74-,75+,76+,77?,78-/m1/s1. The van der Waals surface area contributed by atoms with Crippen LogP contribution in [0.1, 0.15) is 39.7 Å². The predicted octanol–water partition coefficient (Wildman–Crippen LogP) is 16.2. The van der Waals surface area contributed by atoms with Crippen molar-refractivity contribution in [3.63, 3.8) is 0 Å². The Bertz CT molecular complexity index is 4410. The molecule has 2 aliphatic heterocycles. The van der Waals surface area contributed by atoms with Gasteiger partial charge in [-0.2, -0.15) is 0 Å². The van der Waals surface area contributed by atoms with Crippen molar-refractivity contribution in [1.82, 2.24) is 0 Å². The van der Waals surface area contributed by atoms with Crippen LogP contribution in [0.3, 0.4) is 0 Å². The fourth-order valence-electron chi connectivity index (χ4n) is 13.1.